The van der Waals surface area contributed by atoms with Gasteiger partial charge in [-0.3, -0.25) is 14.4 Å². The third-order valence-corrected chi connectivity index (χ3v) is 5.26. The van der Waals surface area contributed by atoms with Crippen molar-refractivity contribution in [2.75, 3.05) is 6.54 Å². The molecule has 4 rings (SSSR count). The number of nitrogens with one attached hydrogen (secondary N) is 1. The maximum Gasteiger partial charge on any atom is 0.274 e. The molecule has 142 valence electrons. The Balaban J connectivity index is 1.49. The molecule has 2 fully saturated rings. The van der Waals surface area contributed by atoms with Gasteiger partial charge in [0.2, 0.25) is 5.91 Å². The molecule has 27 heavy (non-hydrogen) atoms. The fourth-order valence-corrected chi connectivity index (χ4v) is 3.84. The molecule has 2 aromatic rings. The Labute approximate surface area is 155 Å². The summed E-state index contributed by atoms with van der Waals surface area (Å²) >= 11 is 0. The van der Waals surface area contributed by atoms with E-state index in [9.17, 15) is 14.4 Å². The minimum absolute atomic E-state index is 0.000533. The van der Waals surface area contributed by atoms with Crippen LogP contribution in [0.4, 0.5) is 0 Å². The maximum absolute atomic E-state index is 12.7. The SMILES string of the molecule is CC(C)c1cc(CN2C(=O)CC3C2CCN3C(=O)c2c[nH]c(=O)cn2)on1. The first-order valence-electron chi connectivity index (χ1n) is 9.04. The average Bonchev–Trinajstić information content (AvgIpc) is 3.33. The van der Waals surface area contributed by atoms with Crippen LogP contribution < -0.4 is 5.56 Å². The molecule has 2 atom stereocenters. The highest BCUT2D eigenvalue weighted by atomic mass is 16.5. The molecule has 9 heteroatoms. The van der Waals surface area contributed by atoms with Gasteiger partial charge in [0.25, 0.3) is 11.5 Å². The van der Waals surface area contributed by atoms with E-state index in [1.807, 2.05) is 19.9 Å². The number of carbonyl (C=O) groups is 2. The summed E-state index contributed by atoms with van der Waals surface area (Å²) in [5, 5.41) is 4.04. The second-order valence-electron chi connectivity index (χ2n) is 7.32. The number of H-pyrrole nitrogens is 1. The summed E-state index contributed by atoms with van der Waals surface area (Å²) in [7, 11) is 0. The summed E-state index contributed by atoms with van der Waals surface area (Å²) in [6.07, 6.45) is 3.39. The molecular weight excluding hydrogens is 350 g/mol. The van der Waals surface area contributed by atoms with Gasteiger partial charge >= 0.3 is 0 Å². The number of hydrogen-bond acceptors (Lipinski definition) is 6. The third kappa shape index (κ3) is 3.13. The Morgan fingerprint density at radius 1 is 1.37 bits per heavy atom. The molecule has 2 amide bonds. The van der Waals surface area contributed by atoms with E-state index in [-0.39, 0.29) is 47.5 Å². The van der Waals surface area contributed by atoms with Crippen LogP contribution in [0.1, 0.15) is 54.5 Å². The van der Waals surface area contributed by atoms with Crippen molar-refractivity contribution in [3.63, 3.8) is 0 Å². The van der Waals surface area contributed by atoms with Gasteiger partial charge in [0, 0.05) is 25.2 Å². The van der Waals surface area contributed by atoms with Gasteiger partial charge in [-0.15, -0.1) is 0 Å². The zero-order valence-electron chi connectivity index (χ0n) is 15.2. The number of nitrogens with zero attached hydrogens (tertiary/aromatic N) is 4. The molecule has 0 aromatic carbocycles. The first-order chi connectivity index (χ1) is 12.9. The normalized spacial score (nSPS) is 22.0. The van der Waals surface area contributed by atoms with E-state index in [0.717, 1.165) is 11.9 Å². The van der Waals surface area contributed by atoms with Gasteiger partial charge in [-0.2, -0.15) is 0 Å². The van der Waals surface area contributed by atoms with Crippen LogP contribution in [0.2, 0.25) is 0 Å². The lowest BCUT2D eigenvalue weighted by Crippen LogP contribution is -2.40. The largest absolute Gasteiger partial charge is 0.359 e. The highest BCUT2D eigenvalue weighted by molar-refractivity contribution is 5.93. The number of aromatic amines is 1. The smallest absolute Gasteiger partial charge is 0.274 e. The van der Waals surface area contributed by atoms with E-state index in [0.29, 0.717) is 25.3 Å². The fraction of sp³-hybridized carbons (Fsp3) is 0.500. The zero-order chi connectivity index (χ0) is 19.1. The number of aromatic nitrogens is 3. The Morgan fingerprint density at radius 3 is 2.85 bits per heavy atom. The standard InChI is InChI=1S/C18H21N5O4/c1-10(2)12-5-11(27-21-12)9-23-14-3-4-22(15(14)6-17(23)25)18(26)13-7-20-16(24)8-19-13/h5,7-8,10,14-15H,3-4,6,9H2,1-2H3,(H,20,24). The molecule has 2 aliphatic rings. The van der Waals surface area contributed by atoms with E-state index >= 15 is 0 Å². The quantitative estimate of drug-likeness (QED) is 0.854. The van der Waals surface area contributed by atoms with Crippen molar-refractivity contribution >= 4 is 11.8 Å². The molecule has 0 saturated carbocycles. The fourth-order valence-electron chi connectivity index (χ4n) is 3.84. The molecule has 0 aliphatic carbocycles. The maximum atomic E-state index is 12.7. The summed E-state index contributed by atoms with van der Waals surface area (Å²) in [6.45, 7) is 4.97. The first-order valence-corrected chi connectivity index (χ1v) is 9.04. The van der Waals surface area contributed by atoms with Gasteiger partial charge in [0.05, 0.1) is 30.5 Å². The van der Waals surface area contributed by atoms with Crippen LogP contribution in [0.15, 0.2) is 27.8 Å². The highest BCUT2D eigenvalue weighted by Gasteiger charge is 2.48. The zero-order valence-corrected chi connectivity index (χ0v) is 15.2. The lowest BCUT2D eigenvalue weighted by molar-refractivity contribution is -0.129. The van der Waals surface area contributed by atoms with Crippen molar-refractivity contribution in [2.24, 2.45) is 0 Å². The van der Waals surface area contributed by atoms with E-state index in [1.165, 1.54) is 6.20 Å². The predicted molar refractivity (Wildman–Crippen MR) is 93.8 cm³/mol. The molecule has 1 N–H and O–H groups in total. The summed E-state index contributed by atoms with van der Waals surface area (Å²) in [6, 6.07) is 1.65. The van der Waals surface area contributed by atoms with Gasteiger partial charge in [0.15, 0.2) is 5.76 Å². The monoisotopic (exact) mass is 371 g/mol. The van der Waals surface area contributed by atoms with Gasteiger partial charge < -0.3 is 19.3 Å². The van der Waals surface area contributed by atoms with E-state index in [1.54, 1.807) is 9.80 Å². The number of amides is 2. The van der Waals surface area contributed by atoms with E-state index < -0.39 is 0 Å². The highest BCUT2D eigenvalue weighted by Crippen LogP contribution is 2.34. The molecule has 2 aromatic heterocycles. The third-order valence-electron chi connectivity index (χ3n) is 5.26. The van der Waals surface area contributed by atoms with Gasteiger partial charge in [-0.25, -0.2) is 4.98 Å². The number of likely N-dealkylation sites (tertiary alicyclic amines) is 2. The van der Waals surface area contributed by atoms with Crippen LogP contribution in [-0.2, 0) is 11.3 Å². The van der Waals surface area contributed by atoms with Crippen LogP contribution in [0.5, 0.6) is 0 Å². The van der Waals surface area contributed by atoms with E-state index in [4.69, 9.17) is 4.52 Å². The molecule has 2 aliphatic heterocycles. The lowest BCUT2D eigenvalue weighted by atomic mass is 10.1. The molecule has 9 nitrogen and oxygen atoms in total. The molecule has 2 saturated heterocycles. The van der Waals surface area contributed by atoms with Crippen LogP contribution in [-0.4, -0.2) is 55.4 Å². The summed E-state index contributed by atoms with van der Waals surface area (Å²) in [5.74, 6) is 0.642. The van der Waals surface area contributed by atoms with Crippen LogP contribution in [0, 0.1) is 0 Å². The molecule has 2 unspecified atom stereocenters. The molecule has 0 radical (unpaired) electrons. The van der Waals surface area contributed by atoms with Gasteiger partial charge in [-0.05, 0) is 12.3 Å². The Bertz CT molecular complexity index is 913. The van der Waals surface area contributed by atoms with Crippen molar-refractivity contribution in [3.05, 3.63) is 46.0 Å². The second kappa shape index (κ2) is 6.64. The summed E-state index contributed by atoms with van der Waals surface area (Å²) < 4.78 is 5.37. The minimum Gasteiger partial charge on any atom is -0.359 e. The number of carbonyl (C=O) groups excluding carboxylic acids is 2. The van der Waals surface area contributed by atoms with Crippen LogP contribution in [0.25, 0.3) is 0 Å². The molecule has 0 bridgehead atoms. The van der Waals surface area contributed by atoms with Gasteiger partial charge in [-0.1, -0.05) is 19.0 Å². The lowest BCUT2D eigenvalue weighted by Gasteiger charge is -2.24. The topological polar surface area (TPSA) is 112 Å². The average molecular weight is 371 g/mol. The molecule has 0 spiro atoms. The number of hydrogen-bond donors (Lipinski definition) is 1. The van der Waals surface area contributed by atoms with Crippen molar-refractivity contribution in [1.29, 1.82) is 0 Å². The van der Waals surface area contributed by atoms with Crippen molar-refractivity contribution in [2.45, 2.75) is 51.2 Å². The van der Waals surface area contributed by atoms with Crippen molar-refractivity contribution in [1.82, 2.24) is 24.9 Å². The van der Waals surface area contributed by atoms with Crippen molar-refractivity contribution < 1.29 is 14.1 Å². The first kappa shape index (κ1) is 17.4. The van der Waals surface area contributed by atoms with Gasteiger partial charge in [0.1, 0.15) is 5.69 Å². The Morgan fingerprint density at radius 2 is 2.19 bits per heavy atom. The Hall–Kier alpha value is -2.97. The summed E-state index contributed by atoms with van der Waals surface area (Å²) in [5.41, 5.74) is 0.680. The minimum atomic E-state index is -0.360. The van der Waals surface area contributed by atoms with Crippen LogP contribution in [0.3, 0.4) is 0 Å². The van der Waals surface area contributed by atoms with E-state index in [2.05, 4.69) is 15.1 Å². The van der Waals surface area contributed by atoms with Crippen molar-refractivity contribution in [3.8, 4) is 0 Å². The van der Waals surface area contributed by atoms with Crippen LogP contribution >= 0.6 is 0 Å². The second-order valence-corrected chi connectivity index (χ2v) is 7.32. The number of rotatable bonds is 4. The molecular formula is C18H21N5O4. The summed E-state index contributed by atoms with van der Waals surface area (Å²) in [4.78, 5) is 46.3. The predicted octanol–water partition coefficient (Wildman–Crippen LogP) is 0.897. The molecule has 4 heterocycles. The number of fused-ring (bicyclic) bond motifs is 1. The Kier molecular flexibility index (Phi) is 4.29.